The lowest BCUT2D eigenvalue weighted by molar-refractivity contribution is 0.384. The van der Waals surface area contributed by atoms with Crippen molar-refractivity contribution < 1.29 is 9.13 Å². The number of halogens is 2. The molecule has 1 unspecified atom stereocenters. The lowest BCUT2D eigenvalue weighted by atomic mass is 10.0. The molecule has 0 saturated heterocycles. The Morgan fingerprint density at radius 2 is 1.85 bits per heavy atom. The molecule has 3 heteroatoms. The van der Waals surface area contributed by atoms with Crippen LogP contribution in [0.3, 0.4) is 0 Å². The summed E-state index contributed by atoms with van der Waals surface area (Å²) in [6.45, 7) is 0. The molecule has 2 aromatic carbocycles. The van der Waals surface area contributed by atoms with Crippen molar-refractivity contribution in [2.75, 3.05) is 7.11 Å². The summed E-state index contributed by atoms with van der Waals surface area (Å²) in [6.07, 6.45) is 2.62. The molecule has 1 nitrogen and oxygen atoms in total. The van der Waals surface area contributed by atoms with E-state index in [-0.39, 0.29) is 5.82 Å². The van der Waals surface area contributed by atoms with Crippen molar-refractivity contribution in [2.24, 2.45) is 0 Å². The van der Waals surface area contributed by atoms with Crippen LogP contribution < -0.4 is 4.74 Å². The molecule has 0 heterocycles. The molecule has 0 N–H and O–H groups in total. The lowest BCUT2D eigenvalue weighted by Crippen LogP contribution is -1.97. The van der Waals surface area contributed by atoms with Crippen LogP contribution in [0.15, 0.2) is 48.5 Å². The number of methoxy groups -OCH3 is 1. The third-order valence-electron chi connectivity index (χ3n) is 3.33. The largest absolute Gasteiger partial charge is 0.494 e. The Bertz CT molecular complexity index is 542. The van der Waals surface area contributed by atoms with Gasteiger partial charge in [0.25, 0.3) is 0 Å². The second-order valence-corrected chi connectivity index (χ2v) is 5.81. The van der Waals surface area contributed by atoms with E-state index < -0.39 is 0 Å². The molecule has 106 valence electrons. The SMILES string of the molecule is COc1cccc(CCCC(Br)c2ccccc2)c1F. The molecule has 1 atom stereocenters. The molecule has 0 saturated carbocycles. The van der Waals surface area contributed by atoms with Crippen LogP contribution in [0.25, 0.3) is 0 Å². The zero-order chi connectivity index (χ0) is 14.4. The number of hydrogen-bond donors (Lipinski definition) is 0. The molecule has 2 rings (SSSR count). The van der Waals surface area contributed by atoms with Crippen LogP contribution in [0.4, 0.5) is 4.39 Å². The van der Waals surface area contributed by atoms with Gasteiger partial charge in [0.1, 0.15) is 0 Å². The van der Waals surface area contributed by atoms with Crippen molar-refractivity contribution >= 4 is 15.9 Å². The van der Waals surface area contributed by atoms with Crippen molar-refractivity contribution in [2.45, 2.75) is 24.1 Å². The Morgan fingerprint density at radius 3 is 2.55 bits per heavy atom. The Kier molecular flexibility index (Phi) is 5.60. The fourth-order valence-electron chi connectivity index (χ4n) is 2.21. The summed E-state index contributed by atoms with van der Waals surface area (Å²) in [5.74, 6) is 0.0850. The van der Waals surface area contributed by atoms with Gasteiger partial charge in [-0.3, -0.25) is 0 Å². The van der Waals surface area contributed by atoms with Crippen LogP contribution in [0.5, 0.6) is 5.75 Å². The van der Waals surface area contributed by atoms with E-state index in [2.05, 4.69) is 28.1 Å². The molecule has 20 heavy (non-hydrogen) atoms. The molecule has 0 bridgehead atoms. The zero-order valence-corrected chi connectivity index (χ0v) is 13.1. The average molecular weight is 337 g/mol. The smallest absolute Gasteiger partial charge is 0.168 e. The van der Waals surface area contributed by atoms with Gasteiger partial charge in [0, 0.05) is 4.83 Å². The fourth-order valence-corrected chi connectivity index (χ4v) is 2.84. The summed E-state index contributed by atoms with van der Waals surface area (Å²) in [7, 11) is 1.49. The Hall–Kier alpha value is -1.35. The third-order valence-corrected chi connectivity index (χ3v) is 4.31. The van der Waals surface area contributed by atoms with Gasteiger partial charge in [0.15, 0.2) is 11.6 Å². The highest BCUT2D eigenvalue weighted by molar-refractivity contribution is 9.09. The van der Waals surface area contributed by atoms with Crippen LogP contribution in [-0.2, 0) is 6.42 Å². The second-order valence-electron chi connectivity index (χ2n) is 4.70. The molecule has 0 aliphatic heterocycles. The van der Waals surface area contributed by atoms with Crippen LogP contribution in [0, 0.1) is 5.82 Å². The first kappa shape index (κ1) is 15.0. The molecular weight excluding hydrogens is 319 g/mol. The molecule has 0 fully saturated rings. The standard InChI is InChI=1S/C17H18BrFO/c1-20-16-12-6-10-14(17(16)19)9-5-11-15(18)13-7-3-2-4-8-13/h2-4,6-8,10,12,15H,5,9,11H2,1H3. The van der Waals surface area contributed by atoms with Crippen LogP contribution in [0.1, 0.15) is 28.8 Å². The first-order valence-corrected chi connectivity index (χ1v) is 7.64. The van der Waals surface area contributed by atoms with Crippen molar-refractivity contribution in [3.05, 3.63) is 65.5 Å². The first-order valence-electron chi connectivity index (χ1n) is 6.72. The summed E-state index contributed by atoms with van der Waals surface area (Å²) >= 11 is 3.69. The molecule has 0 aliphatic rings. The molecule has 0 radical (unpaired) electrons. The van der Waals surface area contributed by atoms with Gasteiger partial charge < -0.3 is 4.74 Å². The Labute approximate surface area is 127 Å². The van der Waals surface area contributed by atoms with Gasteiger partial charge in [-0.1, -0.05) is 58.4 Å². The molecule has 0 amide bonds. The average Bonchev–Trinajstić information content (AvgIpc) is 2.49. The summed E-state index contributed by atoms with van der Waals surface area (Å²) in [5.41, 5.74) is 1.98. The van der Waals surface area contributed by atoms with E-state index in [1.54, 1.807) is 6.07 Å². The maximum Gasteiger partial charge on any atom is 0.168 e. The monoisotopic (exact) mass is 336 g/mol. The fraction of sp³-hybridized carbons (Fsp3) is 0.294. The van der Waals surface area contributed by atoms with Crippen LogP contribution in [-0.4, -0.2) is 7.11 Å². The number of benzene rings is 2. The van der Waals surface area contributed by atoms with Gasteiger partial charge in [-0.2, -0.15) is 0 Å². The summed E-state index contributed by atoms with van der Waals surface area (Å²) in [5, 5.41) is 0. The number of rotatable bonds is 6. The normalized spacial score (nSPS) is 12.2. The van der Waals surface area contributed by atoms with E-state index >= 15 is 0 Å². The Morgan fingerprint density at radius 1 is 1.10 bits per heavy atom. The number of ether oxygens (including phenoxy) is 1. The zero-order valence-electron chi connectivity index (χ0n) is 11.5. The van der Waals surface area contributed by atoms with Gasteiger partial charge in [-0.05, 0) is 36.5 Å². The summed E-state index contributed by atoms with van der Waals surface area (Å²) < 4.78 is 19.0. The topological polar surface area (TPSA) is 9.23 Å². The van der Waals surface area contributed by atoms with Gasteiger partial charge in [0.2, 0.25) is 0 Å². The second kappa shape index (κ2) is 7.44. The van der Waals surface area contributed by atoms with Crippen molar-refractivity contribution in [3.8, 4) is 5.75 Å². The molecule has 0 aliphatic carbocycles. The van der Waals surface area contributed by atoms with E-state index in [4.69, 9.17) is 4.74 Å². The highest BCUT2D eigenvalue weighted by Gasteiger charge is 2.10. The minimum Gasteiger partial charge on any atom is -0.494 e. The quantitative estimate of drug-likeness (QED) is 0.651. The van der Waals surface area contributed by atoms with Gasteiger partial charge in [-0.25, -0.2) is 4.39 Å². The minimum absolute atomic E-state index is 0.235. The highest BCUT2D eigenvalue weighted by Crippen LogP contribution is 2.29. The lowest BCUT2D eigenvalue weighted by Gasteiger charge is -2.11. The highest BCUT2D eigenvalue weighted by atomic mass is 79.9. The third kappa shape index (κ3) is 3.83. The summed E-state index contributed by atoms with van der Waals surface area (Å²) in [6, 6.07) is 15.6. The molecule has 0 spiro atoms. The molecule has 2 aromatic rings. The first-order chi connectivity index (χ1) is 9.72. The van der Waals surface area contributed by atoms with Crippen molar-refractivity contribution in [1.82, 2.24) is 0 Å². The van der Waals surface area contributed by atoms with Gasteiger partial charge >= 0.3 is 0 Å². The van der Waals surface area contributed by atoms with E-state index in [1.165, 1.54) is 12.7 Å². The molecule has 0 aromatic heterocycles. The summed E-state index contributed by atoms with van der Waals surface area (Å²) in [4.78, 5) is 0.317. The van der Waals surface area contributed by atoms with E-state index in [0.29, 0.717) is 10.6 Å². The van der Waals surface area contributed by atoms with Gasteiger partial charge in [-0.15, -0.1) is 0 Å². The number of aryl methyl sites for hydroxylation is 1. The van der Waals surface area contributed by atoms with Crippen molar-refractivity contribution in [1.29, 1.82) is 0 Å². The van der Waals surface area contributed by atoms with Gasteiger partial charge in [0.05, 0.1) is 7.11 Å². The Balaban J connectivity index is 1.90. The predicted octanol–water partition coefficient (Wildman–Crippen LogP) is 5.29. The van der Waals surface area contributed by atoms with Crippen LogP contribution in [0.2, 0.25) is 0 Å². The maximum atomic E-state index is 14.0. The van der Waals surface area contributed by atoms with E-state index in [9.17, 15) is 4.39 Å². The molecular formula is C17H18BrFO. The van der Waals surface area contributed by atoms with Crippen molar-refractivity contribution in [3.63, 3.8) is 0 Å². The van der Waals surface area contributed by atoms with E-state index in [1.807, 2.05) is 30.3 Å². The number of hydrogen-bond acceptors (Lipinski definition) is 1. The predicted molar refractivity (Wildman–Crippen MR) is 84.0 cm³/mol. The maximum absolute atomic E-state index is 14.0. The van der Waals surface area contributed by atoms with E-state index in [0.717, 1.165) is 24.8 Å². The van der Waals surface area contributed by atoms with Crippen LogP contribution >= 0.6 is 15.9 Å². The minimum atomic E-state index is -0.235. The number of alkyl halides is 1.